The zero-order valence-electron chi connectivity index (χ0n) is 37.3. The average molecular weight is 919 g/mol. The first-order valence-corrected chi connectivity index (χ1v) is 23.5. The summed E-state index contributed by atoms with van der Waals surface area (Å²) in [6, 6.07) is 0. The molecular weight excluding hydrogens is 844 g/mol. The maximum atomic E-state index is 12.3. The number of aliphatic hydroxyl groups is 12. The van der Waals surface area contributed by atoms with Crippen LogP contribution in [0.4, 0.5) is 0 Å². The third kappa shape index (κ3) is 8.52. The van der Waals surface area contributed by atoms with Crippen molar-refractivity contribution in [2.75, 3.05) is 26.4 Å². The molecule has 8 aliphatic rings. The Morgan fingerprint density at radius 1 is 0.641 bits per heavy atom. The molecule has 4 saturated carbocycles. The Kier molecular flexibility index (Phi) is 14.6. The molecule has 4 heterocycles. The molecule has 0 spiro atoms. The van der Waals surface area contributed by atoms with Gasteiger partial charge in [-0.25, -0.2) is 0 Å². The molecule has 26 atom stereocenters. The van der Waals surface area contributed by atoms with Crippen molar-refractivity contribution in [3.8, 4) is 0 Å². The Morgan fingerprint density at radius 2 is 1.22 bits per heavy atom. The van der Waals surface area contributed by atoms with Crippen molar-refractivity contribution in [1.29, 1.82) is 0 Å². The van der Waals surface area contributed by atoms with E-state index in [0.717, 1.165) is 38.5 Å². The van der Waals surface area contributed by atoms with Crippen LogP contribution in [0, 0.1) is 46.3 Å². The summed E-state index contributed by atoms with van der Waals surface area (Å²) in [6.45, 7) is 6.90. The van der Waals surface area contributed by atoms with Crippen LogP contribution in [-0.4, -0.2) is 198 Å². The molecule has 19 nitrogen and oxygen atoms in total. The molecule has 8 rings (SSSR count). The number of ether oxygens (including phenoxy) is 7. The van der Waals surface area contributed by atoms with Gasteiger partial charge in [-0.15, -0.1) is 0 Å². The van der Waals surface area contributed by atoms with Crippen molar-refractivity contribution in [1.82, 2.24) is 0 Å². The first-order valence-electron chi connectivity index (χ1n) is 23.5. The highest BCUT2D eigenvalue weighted by atomic mass is 16.8. The standard InChI is InChI=1S/C45H74O19/c1-19(18-58-40-36(55)33(52)30(49)26(15-46)61-40)5-8-29-45(4,57)39-25(60-29)14-24-22-7-6-20-13-21(9-11-43(20,2)23(22)10-12-44(24,39)3)59-42-38(35(54)32(51)28(17-48)63-42)64-41-37(56)34(53)31(50)27(16-47)62-41/h8,19-28,30-42,46-57H,5-7,9-18H2,1-4H3. The van der Waals surface area contributed by atoms with Crippen LogP contribution in [0.3, 0.4) is 0 Å². The molecule has 4 aliphatic heterocycles. The van der Waals surface area contributed by atoms with E-state index in [1.165, 1.54) is 0 Å². The van der Waals surface area contributed by atoms with Gasteiger partial charge in [-0.1, -0.05) is 20.8 Å². The Morgan fingerprint density at radius 3 is 1.86 bits per heavy atom. The van der Waals surface area contributed by atoms with E-state index in [9.17, 15) is 61.3 Å². The van der Waals surface area contributed by atoms with Gasteiger partial charge < -0.3 is 94.4 Å². The molecule has 0 aromatic rings. The number of rotatable bonds is 12. The fraction of sp³-hybridized carbons (Fsp3) is 0.956. The van der Waals surface area contributed by atoms with Crippen molar-refractivity contribution in [2.45, 2.75) is 195 Å². The third-order valence-electron chi connectivity index (χ3n) is 17.4. The molecular formula is C45H74O19. The summed E-state index contributed by atoms with van der Waals surface area (Å²) in [4.78, 5) is 0. The second-order valence-corrected chi connectivity index (χ2v) is 21.2. The van der Waals surface area contributed by atoms with Crippen LogP contribution >= 0.6 is 0 Å². The van der Waals surface area contributed by atoms with Crippen LogP contribution in [-0.2, 0) is 33.2 Å². The molecule has 19 heteroatoms. The minimum absolute atomic E-state index is 0.0209. The minimum Gasteiger partial charge on any atom is -0.492 e. The van der Waals surface area contributed by atoms with Crippen molar-refractivity contribution >= 4 is 0 Å². The molecule has 4 aliphatic carbocycles. The largest absolute Gasteiger partial charge is 0.492 e. The quantitative estimate of drug-likeness (QED) is 0.0956. The van der Waals surface area contributed by atoms with Crippen LogP contribution in [0.25, 0.3) is 0 Å². The summed E-state index contributed by atoms with van der Waals surface area (Å²) in [5.74, 6) is 1.99. The van der Waals surface area contributed by atoms with Crippen molar-refractivity contribution in [3.63, 3.8) is 0 Å². The predicted octanol–water partition coefficient (Wildman–Crippen LogP) is -1.86. The fourth-order valence-electron chi connectivity index (χ4n) is 13.8. The van der Waals surface area contributed by atoms with E-state index in [1.807, 2.05) is 19.9 Å². The lowest BCUT2D eigenvalue weighted by atomic mass is 9.44. The summed E-state index contributed by atoms with van der Waals surface area (Å²) in [6.07, 6.45) is -12.7. The Balaban J connectivity index is 0.886. The minimum atomic E-state index is -1.76. The van der Waals surface area contributed by atoms with Gasteiger partial charge in [0, 0.05) is 5.92 Å². The van der Waals surface area contributed by atoms with Gasteiger partial charge in [0.1, 0.15) is 90.7 Å². The molecule has 0 radical (unpaired) electrons. The predicted molar refractivity (Wildman–Crippen MR) is 219 cm³/mol. The van der Waals surface area contributed by atoms with Crippen LogP contribution in [0.1, 0.15) is 85.5 Å². The van der Waals surface area contributed by atoms with Gasteiger partial charge in [-0.2, -0.15) is 0 Å². The van der Waals surface area contributed by atoms with E-state index in [1.54, 1.807) is 0 Å². The smallest absolute Gasteiger partial charge is 0.187 e. The lowest BCUT2D eigenvalue weighted by Gasteiger charge is -2.61. The van der Waals surface area contributed by atoms with Gasteiger partial charge in [0.25, 0.3) is 0 Å². The molecule has 0 aromatic carbocycles. The molecule has 0 aromatic heterocycles. The molecule has 12 N–H and O–H groups in total. The van der Waals surface area contributed by atoms with Crippen LogP contribution in [0.2, 0.25) is 0 Å². The van der Waals surface area contributed by atoms with Gasteiger partial charge in [-0.3, -0.25) is 0 Å². The lowest BCUT2D eigenvalue weighted by molar-refractivity contribution is -0.373. The molecule has 8 fully saturated rings. The summed E-state index contributed by atoms with van der Waals surface area (Å²) >= 11 is 0. The van der Waals surface area contributed by atoms with Gasteiger partial charge in [0.15, 0.2) is 18.9 Å². The van der Waals surface area contributed by atoms with E-state index in [2.05, 4.69) is 13.8 Å². The number of allylic oxidation sites excluding steroid dienone is 1. The highest BCUT2D eigenvalue weighted by molar-refractivity contribution is 5.26. The molecule has 368 valence electrons. The lowest BCUT2D eigenvalue weighted by Crippen LogP contribution is -2.65. The first kappa shape index (κ1) is 49.2. The topological polar surface area (TPSA) is 307 Å². The summed E-state index contributed by atoms with van der Waals surface area (Å²) in [5, 5.41) is 125. The Hall–Kier alpha value is -1.18. The SMILES string of the molecule is CC(CC=C1OC2CC3C4CCC5CC(OC6OC(CO)C(O)C(O)C6OC6OC(CO)C(O)C(O)C6O)CCC5(C)C4CCC3(C)C2C1(C)O)COC1OC(CO)C(O)C(O)C1O. The van der Waals surface area contributed by atoms with Gasteiger partial charge in [0.05, 0.1) is 32.5 Å². The van der Waals surface area contributed by atoms with Crippen molar-refractivity contribution < 1.29 is 94.4 Å². The van der Waals surface area contributed by atoms with Gasteiger partial charge >= 0.3 is 0 Å². The molecule has 0 bridgehead atoms. The van der Waals surface area contributed by atoms with Crippen molar-refractivity contribution in [2.24, 2.45) is 46.3 Å². The third-order valence-corrected chi connectivity index (χ3v) is 17.4. The number of aliphatic hydroxyl groups excluding tert-OH is 11. The molecule has 4 saturated heterocycles. The number of fused-ring (bicyclic) bond motifs is 7. The molecule has 0 amide bonds. The summed E-state index contributed by atoms with van der Waals surface area (Å²) in [5.41, 5.74) is -1.30. The van der Waals surface area contributed by atoms with E-state index >= 15 is 0 Å². The zero-order valence-corrected chi connectivity index (χ0v) is 37.3. The van der Waals surface area contributed by atoms with Crippen LogP contribution in [0.15, 0.2) is 11.8 Å². The highest BCUT2D eigenvalue weighted by Gasteiger charge is 2.69. The average Bonchev–Trinajstić information content (AvgIpc) is 3.73. The fourth-order valence-corrected chi connectivity index (χ4v) is 13.8. The van der Waals surface area contributed by atoms with Gasteiger partial charge in [-0.05, 0) is 111 Å². The molecule has 64 heavy (non-hydrogen) atoms. The van der Waals surface area contributed by atoms with Gasteiger partial charge in [0.2, 0.25) is 0 Å². The second-order valence-electron chi connectivity index (χ2n) is 21.2. The normalized spacial score (nSPS) is 55.0. The van der Waals surface area contributed by atoms with E-state index in [4.69, 9.17) is 33.2 Å². The maximum absolute atomic E-state index is 12.3. The second kappa shape index (κ2) is 19.0. The first-order chi connectivity index (χ1) is 30.3. The maximum Gasteiger partial charge on any atom is 0.187 e. The highest BCUT2D eigenvalue weighted by Crippen LogP contribution is 2.71. The van der Waals surface area contributed by atoms with E-state index in [0.29, 0.717) is 48.7 Å². The summed E-state index contributed by atoms with van der Waals surface area (Å²) in [7, 11) is 0. The van der Waals surface area contributed by atoms with E-state index in [-0.39, 0.29) is 41.5 Å². The summed E-state index contributed by atoms with van der Waals surface area (Å²) < 4.78 is 41.9. The monoisotopic (exact) mass is 918 g/mol. The van der Waals surface area contributed by atoms with E-state index < -0.39 is 118 Å². The van der Waals surface area contributed by atoms with Crippen LogP contribution < -0.4 is 0 Å². The van der Waals surface area contributed by atoms with Crippen molar-refractivity contribution in [3.05, 3.63) is 11.8 Å². The zero-order chi connectivity index (χ0) is 46.2. The number of hydrogen-bond acceptors (Lipinski definition) is 19. The Labute approximate surface area is 373 Å². The number of hydrogen-bond donors (Lipinski definition) is 12. The van der Waals surface area contributed by atoms with Crippen LogP contribution in [0.5, 0.6) is 0 Å². The Bertz CT molecular complexity index is 1620. The molecule has 26 unspecified atom stereocenters.